The molecule has 0 radical (unpaired) electrons. The van der Waals surface area contributed by atoms with Crippen molar-refractivity contribution in [1.82, 2.24) is 10.3 Å². The standard InChI is InChI=1S/C14H21BrN2O4/c1-14(2,3)21-13(18)16-7-6-10-11(19-4)8-9(15)12(17-10)20-5/h8H,6-7H2,1-5H3,(H,16,18). The van der Waals surface area contributed by atoms with Crippen LogP contribution in [-0.2, 0) is 11.2 Å². The average molecular weight is 361 g/mol. The molecule has 0 saturated heterocycles. The van der Waals surface area contributed by atoms with Crippen LogP contribution in [0.15, 0.2) is 10.5 Å². The van der Waals surface area contributed by atoms with Gasteiger partial charge in [-0.3, -0.25) is 0 Å². The number of pyridine rings is 1. The van der Waals surface area contributed by atoms with E-state index in [0.29, 0.717) is 34.8 Å². The van der Waals surface area contributed by atoms with E-state index in [1.807, 2.05) is 20.8 Å². The topological polar surface area (TPSA) is 69.7 Å². The number of carbonyl (C=O) groups is 1. The summed E-state index contributed by atoms with van der Waals surface area (Å²) in [6.45, 7) is 5.84. The van der Waals surface area contributed by atoms with Crippen LogP contribution in [0.2, 0.25) is 0 Å². The molecule has 0 saturated carbocycles. The number of nitrogens with zero attached hydrogens (tertiary/aromatic N) is 1. The van der Waals surface area contributed by atoms with Crippen molar-refractivity contribution in [3.8, 4) is 11.6 Å². The minimum Gasteiger partial charge on any atom is -0.495 e. The van der Waals surface area contributed by atoms with Crippen molar-refractivity contribution in [3.63, 3.8) is 0 Å². The lowest BCUT2D eigenvalue weighted by Gasteiger charge is -2.19. The zero-order chi connectivity index (χ0) is 16.0. The first kappa shape index (κ1) is 17.6. The van der Waals surface area contributed by atoms with Crippen molar-refractivity contribution >= 4 is 22.0 Å². The molecular weight excluding hydrogens is 340 g/mol. The molecule has 1 rings (SSSR count). The molecule has 1 heterocycles. The van der Waals surface area contributed by atoms with Gasteiger partial charge in [-0.15, -0.1) is 0 Å². The van der Waals surface area contributed by atoms with Crippen LogP contribution in [0.1, 0.15) is 26.5 Å². The lowest BCUT2D eigenvalue weighted by atomic mass is 10.2. The van der Waals surface area contributed by atoms with Crippen LogP contribution >= 0.6 is 15.9 Å². The molecule has 0 atom stereocenters. The summed E-state index contributed by atoms with van der Waals surface area (Å²) in [6.07, 6.45) is 0.0528. The summed E-state index contributed by atoms with van der Waals surface area (Å²) in [5.41, 5.74) is 0.189. The summed E-state index contributed by atoms with van der Waals surface area (Å²) in [4.78, 5) is 15.9. The van der Waals surface area contributed by atoms with Gasteiger partial charge in [0.2, 0.25) is 5.88 Å². The Morgan fingerprint density at radius 3 is 2.52 bits per heavy atom. The van der Waals surface area contributed by atoms with E-state index in [9.17, 15) is 4.79 Å². The fraction of sp³-hybridized carbons (Fsp3) is 0.571. The zero-order valence-electron chi connectivity index (χ0n) is 12.9. The molecule has 1 N–H and O–H groups in total. The molecular formula is C14H21BrN2O4. The fourth-order valence-corrected chi connectivity index (χ4v) is 2.05. The predicted octanol–water partition coefficient (Wildman–Crippen LogP) is 2.93. The number of nitrogens with one attached hydrogen (secondary N) is 1. The molecule has 0 aromatic carbocycles. The number of halogens is 1. The SMILES string of the molecule is COc1cc(Br)c(OC)nc1CCNC(=O)OC(C)(C)C. The summed E-state index contributed by atoms with van der Waals surface area (Å²) in [5.74, 6) is 1.11. The number of carbonyl (C=O) groups excluding carboxylic acids is 1. The first-order chi connectivity index (χ1) is 9.76. The van der Waals surface area contributed by atoms with Crippen molar-refractivity contribution in [1.29, 1.82) is 0 Å². The number of ether oxygens (including phenoxy) is 3. The Morgan fingerprint density at radius 1 is 1.33 bits per heavy atom. The van der Waals surface area contributed by atoms with Crippen LogP contribution in [0, 0.1) is 0 Å². The molecule has 0 fully saturated rings. The van der Waals surface area contributed by atoms with Gasteiger partial charge in [0.05, 0.1) is 24.4 Å². The summed E-state index contributed by atoms with van der Waals surface area (Å²) >= 11 is 3.35. The maximum atomic E-state index is 11.6. The van der Waals surface area contributed by atoms with Gasteiger partial charge in [0.25, 0.3) is 0 Å². The van der Waals surface area contributed by atoms with Gasteiger partial charge in [0, 0.05) is 19.0 Å². The molecule has 0 spiro atoms. The molecule has 0 aliphatic carbocycles. The van der Waals surface area contributed by atoms with Crippen molar-refractivity contribution in [2.45, 2.75) is 32.8 Å². The van der Waals surface area contributed by atoms with Gasteiger partial charge in [-0.1, -0.05) is 0 Å². The maximum Gasteiger partial charge on any atom is 0.407 e. The van der Waals surface area contributed by atoms with Gasteiger partial charge in [0.15, 0.2) is 0 Å². The third-order valence-corrected chi connectivity index (χ3v) is 2.99. The van der Waals surface area contributed by atoms with E-state index >= 15 is 0 Å². The predicted molar refractivity (Wildman–Crippen MR) is 83.0 cm³/mol. The largest absolute Gasteiger partial charge is 0.495 e. The van der Waals surface area contributed by atoms with Gasteiger partial charge in [-0.25, -0.2) is 9.78 Å². The summed E-state index contributed by atoms with van der Waals surface area (Å²) < 4.78 is 16.3. The molecule has 1 aromatic rings. The smallest absolute Gasteiger partial charge is 0.407 e. The molecule has 118 valence electrons. The third-order valence-electron chi connectivity index (χ3n) is 2.43. The highest BCUT2D eigenvalue weighted by Gasteiger charge is 2.16. The Morgan fingerprint density at radius 2 is 2.00 bits per heavy atom. The second-order valence-electron chi connectivity index (χ2n) is 5.31. The molecule has 1 amide bonds. The molecule has 1 aromatic heterocycles. The highest BCUT2D eigenvalue weighted by Crippen LogP contribution is 2.29. The number of methoxy groups -OCH3 is 2. The summed E-state index contributed by atoms with van der Waals surface area (Å²) in [7, 11) is 3.11. The number of hydrogen-bond acceptors (Lipinski definition) is 5. The number of rotatable bonds is 5. The van der Waals surface area contributed by atoms with Crippen LogP contribution in [0.4, 0.5) is 4.79 Å². The summed E-state index contributed by atoms with van der Waals surface area (Å²) in [5, 5.41) is 2.68. The van der Waals surface area contributed by atoms with Crippen molar-refractivity contribution in [3.05, 3.63) is 16.2 Å². The minimum absolute atomic E-state index is 0.392. The van der Waals surface area contributed by atoms with Crippen molar-refractivity contribution < 1.29 is 19.0 Å². The van der Waals surface area contributed by atoms with Gasteiger partial charge in [0.1, 0.15) is 11.4 Å². The Balaban J connectivity index is 2.65. The van der Waals surface area contributed by atoms with E-state index in [-0.39, 0.29) is 0 Å². The van der Waals surface area contributed by atoms with Crippen molar-refractivity contribution in [2.24, 2.45) is 0 Å². The number of hydrogen-bond donors (Lipinski definition) is 1. The van der Waals surface area contributed by atoms with Crippen LogP contribution < -0.4 is 14.8 Å². The molecule has 7 heteroatoms. The van der Waals surface area contributed by atoms with Crippen LogP contribution in [0.5, 0.6) is 11.6 Å². The van der Waals surface area contributed by atoms with Gasteiger partial charge in [-0.2, -0.15) is 0 Å². The first-order valence-corrected chi connectivity index (χ1v) is 7.30. The maximum absolute atomic E-state index is 11.6. The molecule has 0 unspecified atom stereocenters. The molecule has 6 nitrogen and oxygen atoms in total. The molecule has 0 aliphatic heterocycles. The van der Waals surface area contributed by atoms with Gasteiger partial charge < -0.3 is 19.5 Å². The number of amides is 1. The van der Waals surface area contributed by atoms with E-state index in [1.54, 1.807) is 20.3 Å². The lowest BCUT2D eigenvalue weighted by molar-refractivity contribution is 0.0528. The second kappa shape index (κ2) is 7.49. The van der Waals surface area contributed by atoms with E-state index in [4.69, 9.17) is 14.2 Å². The van der Waals surface area contributed by atoms with Crippen LogP contribution in [0.25, 0.3) is 0 Å². The highest BCUT2D eigenvalue weighted by atomic mass is 79.9. The number of aromatic nitrogens is 1. The number of alkyl carbamates (subject to hydrolysis) is 1. The van der Waals surface area contributed by atoms with Crippen molar-refractivity contribution in [2.75, 3.05) is 20.8 Å². The Kier molecular flexibility index (Phi) is 6.26. The van der Waals surface area contributed by atoms with E-state index < -0.39 is 11.7 Å². The average Bonchev–Trinajstić information content (AvgIpc) is 2.37. The summed E-state index contributed by atoms with van der Waals surface area (Å²) in [6, 6.07) is 1.79. The fourth-order valence-electron chi connectivity index (χ4n) is 1.59. The van der Waals surface area contributed by atoms with E-state index in [0.717, 1.165) is 0 Å². The quantitative estimate of drug-likeness (QED) is 0.873. The molecule has 0 aliphatic rings. The monoisotopic (exact) mass is 360 g/mol. The Hall–Kier alpha value is -1.50. The normalized spacial score (nSPS) is 11.0. The molecule has 0 bridgehead atoms. The third kappa shape index (κ3) is 5.79. The lowest BCUT2D eigenvalue weighted by Crippen LogP contribution is -2.33. The van der Waals surface area contributed by atoms with Gasteiger partial charge >= 0.3 is 6.09 Å². The highest BCUT2D eigenvalue weighted by molar-refractivity contribution is 9.10. The Bertz CT molecular complexity index is 500. The minimum atomic E-state index is -0.513. The van der Waals surface area contributed by atoms with E-state index in [2.05, 4.69) is 26.2 Å². The van der Waals surface area contributed by atoms with Gasteiger partial charge in [-0.05, 0) is 36.7 Å². The van der Waals surface area contributed by atoms with Crippen LogP contribution in [-0.4, -0.2) is 37.4 Å². The first-order valence-electron chi connectivity index (χ1n) is 6.51. The molecule has 21 heavy (non-hydrogen) atoms. The van der Waals surface area contributed by atoms with E-state index in [1.165, 1.54) is 0 Å². The van der Waals surface area contributed by atoms with Crippen LogP contribution in [0.3, 0.4) is 0 Å². The zero-order valence-corrected chi connectivity index (χ0v) is 14.5. The second-order valence-corrected chi connectivity index (χ2v) is 6.16. The Labute approximate surface area is 133 Å².